The van der Waals surface area contributed by atoms with Crippen LogP contribution in [0.3, 0.4) is 0 Å². The van der Waals surface area contributed by atoms with E-state index in [0.29, 0.717) is 0 Å². The van der Waals surface area contributed by atoms with E-state index in [4.69, 9.17) is 5.73 Å². The molecule has 0 radical (unpaired) electrons. The molecule has 0 bridgehead atoms. The lowest BCUT2D eigenvalue weighted by atomic mass is 10.2. The van der Waals surface area contributed by atoms with Gasteiger partial charge in [-0.2, -0.15) is 4.31 Å². The van der Waals surface area contributed by atoms with E-state index in [1.54, 1.807) is 18.2 Å². The summed E-state index contributed by atoms with van der Waals surface area (Å²) in [4.78, 5) is 11.3. The highest BCUT2D eigenvalue weighted by atomic mass is 32.2. The van der Waals surface area contributed by atoms with Crippen LogP contribution in [0.2, 0.25) is 0 Å². The van der Waals surface area contributed by atoms with Crippen LogP contribution < -0.4 is 5.73 Å². The summed E-state index contributed by atoms with van der Waals surface area (Å²) in [5.74, 6) is -0.744. The number of nitrogens with two attached hydrogens (primary N) is 1. The number of rotatable bonds is 3. The predicted molar refractivity (Wildman–Crippen MR) is 63.9 cm³/mol. The van der Waals surface area contributed by atoms with Gasteiger partial charge in [0.1, 0.15) is 6.04 Å². The quantitative estimate of drug-likeness (QED) is 0.758. The molecule has 2 rings (SSSR count). The second kappa shape index (κ2) is 4.68. The van der Waals surface area contributed by atoms with Gasteiger partial charge < -0.3 is 10.8 Å². The summed E-state index contributed by atoms with van der Waals surface area (Å²) in [7, 11) is -3.79. The van der Waals surface area contributed by atoms with E-state index < -0.39 is 28.1 Å². The number of hydrogen-bond donors (Lipinski definition) is 2. The lowest BCUT2D eigenvalue weighted by Gasteiger charge is -2.21. The summed E-state index contributed by atoms with van der Waals surface area (Å²) >= 11 is 0. The number of primary amides is 1. The topological polar surface area (TPSA) is 101 Å². The van der Waals surface area contributed by atoms with Crippen LogP contribution in [0.5, 0.6) is 0 Å². The number of sulfonamides is 1. The maximum atomic E-state index is 12.3. The highest BCUT2D eigenvalue weighted by Gasteiger charge is 2.42. The number of carbonyl (C=O) groups excluding carboxylic acids is 1. The molecule has 0 saturated carbocycles. The maximum Gasteiger partial charge on any atom is 0.243 e. The number of benzene rings is 1. The highest BCUT2D eigenvalue weighted by molar-refractivity contribution is 7.89. The van der Waals surface area contributed by atoms with Crippen molar-refractivity contribution in [2.45, 2.75) is 23.5 Å². The first-order valence-corrected chi connectivity index (χ1v) is 6.91. The van der Waals surface area contributed by atoms with Gasteiger partial charge in [0, 0.05) is 13.0 Å². The average Bonchev–Trinajstić information content (AvgIpc) is 2.73. The molecule has 1 aromatic rings. The molecular formula is C11H14N2O4S. The number of nitrogens with zero attached hydrogens (tertiary/aromatic N) is 1. The van der Waals surface area contributed by atoms with Crippen molar-refractivity contribution >= 4 is 15.9 Å². The summed E-state index contributed by atoms with van der Waals surface area (Å²) in [6, 6.07) is 6.79. The number of hydrogen-bond acceptors (Lipinski definition) is 4. The van der Waals surface area contributed by atoms with E-state index in [1.807, 2.05) is 0 Å². The largest absolute Gasteiger partial charge is 0.392 e. The summed E-state index contributed by atoms with van der Waals surface area (Å²) in [5, 5.41) is 9.52. The first-order chi connectivity index (χ1) is 8.43. The number of aliphatic hydroxyl groups excluding tert-OH is 1. The molecule has 7 heteroatoms. The van der Waals surface area contributed by atoms with E-state index in [1.165, 1.54) is 12.1 Å². The first kappa shape index (κ1) is 13.0. The molecule has 2 atom stereocenters. The Kier molecular flexibility index (Phi) is 3.38. The Morgan fingerprint density at radius 3 is 2.50 bits per heavy atom. The smallest absolute Gasteiger partial charge is 0.243 e. The van der Waals surface area contributed by atoms with Gasteiger partial charge >= 0.3 is 0 Å². The molecule has 0 aromatic heterocycles. The molecule has 0 spiro atoms. The zero-order valence-corrected chi connectivity index (χ0v) is 10.4. The zero-order chi connectivity index (χ0) is 13.3. The molecule has 3 N–H and O–H groups in total. The minimum atomic E-state index is -3.79. The van der Waals surface area contributed by atoms with E-state index in [-0.39, 0.29) is 17.9 Å². The van der Waals surface area contributed by atoms with Gasteiger partial charge in [0.05, 0.1) is 11.0 Å². The maximum absolute atomic E-state index is 12.3. The van der Waals surface area contributed by atoms with Crippen molar-refractivity contribution in [1.82, 2.24) is 4.31 Å². The van der Waals surface area contributed by atoms with E-state index in [2.05, 4.69) is 0 Å². The SMILES string of the molecule is NC(=O)C1CC(O)CN1S(=O)(=O)c1ccccc1. The molecule has 98 valence electrons. The zero-order valence-electron chi connectivity index (χ0n) is 9.56. The van der Waals surface area contributed by atoms with Gasteiger partial charge in [-0.15, -0.1) is 0 Å². The van der Waals surface area contributed by atoms with Crippen molar-refractivity contribution in [3.05, 3.63) is 30.3 Å². The van der Waals surface area contributed by atoms with Crippen molar-refractivity contribution < 1.29 is 18.3 Å². The fourth-order valence-corrected chi connectivity index (χ4v) is 3.70. The van der Waals surface area contributed by atoms with Gasteiger partial charge in [0.25, 0.3) is 0 Å². The fraction of sp³-hybridized carbons (Fsp3) is 0.364. The Labute approximate surface area is 105 Å². The minimum Gasteiger partial charge on any atom is -0.392 e. The van der Waals surface area contributed by atoms with Gasteiger partial charge in [0.15, 0.2) is 0 Å². The predicted octanol–water partition coefficient (Wildman–Crippen LogP) is -0.704. The third-order valence-electron chi connectivity index (χ3n) is 2.91. The van der Waals surface area contributed by atoms with Gasteiger partial charge in [-0.3, -0.25) is 4.79 Å². The van der Waals surface area contributed by atoms with E-state index >= 15 is 0 Å². The van der Waals surface area contributed by atoms with Crippen molar-refractivity contribution in [3.63, 3.8) is 0 Å². The second-order valence-electron chi connectivity index (χ2n) is 4.20. The molecule has 1 saturated heterocycles. The van der Waals surface area contributed by atoms with Gasteiger partial charge in [-0.25, -0.2) is 8.42 Å². The van der Waals surface area contributed by atoms with Crippen LogP contribution in [-0.2, 0) is 14.8 Å². The average molecular weight is 270 g/mol. The Bertz CT molecular complexity index is 543. The highest BCUT2D eigenvalue weighted by Crippen LogP contribution is 2.25. The molecule has 18 heavy (non-hydrogen) atoms. The van der Waals surface area contributed by atoms with Gasteiger partial charge in [-0.05, 0) is 12.1 Å². The number of aliphatic hydroxyl groups is 1. The van der Waals surface area contributed by atoms with Crippen LogP contribution in [0.15, 0.2) is 35.2 Å². The molecule has 1 heterocycles. The van der Waals surface area contributed by atoms with Crippen LogP contribution in [0.25, 0.3) is 0 Å². The van der Waals surface area contributed by atoms with Crippen molar-refractivity contribution in [1.29, 1.82) is 0 Å². The van der Waals surface area contributed by atoms with E-state index in [0.717, 1.165) is 4.31 Å². The Hall–Kier alpha value is -1.44. The summed E-state index contributed by atoms with van der Waals surface area (Å²) in [6.45, 7) is -0.106. The molecular weight excluding hydrogens is 256 g/mol. The molecule has 1 amide bonds. The third kappa shape index (κ3) is 2.24. The Morgan fingerprint density at radius 2 is 1.94 bits per heavy atom. The van der Waals surface area contributed by atoms with Crippen LogP contribution in [0.4, 0.5) is 0 Å². The van der Waals surface area contributed by atoms with Gasteiger partial charge in [-0.1, -0.05) is 18.2 Å². The molecule has 1 fully saturated rings. The Morgan fingerprint density at radius 1 is 1.33 bits per heavy atom. The minimum absolute atomic E-state index is 0.0431. The van der Waals surface area contributed by atoms with Gasteiger partial charge in [0.2, 0.25) is 15.9 Å². The van der Waals surface area contributed by atoms with E-state index in [9.17, 15) is 18.3 Å². The lowest BCUT2D eigenvalue weighted by Crippen LogP contribution is -2.43. The van der Waals surface area contributed by atoms with Crippen molar-refractivity contribution in [3.8, 4) is 0 Å². The number of amides is 1. The fourth-order valence-electron chi connectivity index (χ4n) is 2.04. The monoisotopic (exact) mass is 270 g/mol. The Balaban J connectivity index is 2.38. The molecule has 6 nitrogen and oxygen atoms in total. The van der Waals surface area contributed by atoms with Crippen LogP contribution in [-0.4, -0.2) is 42.4 Å². The van der Waals surface area contributed by atoms with Crippen molar-refractivity contribution in [2.75, 3.05) is 6.54 Å². The van der Waals surface area contributed by atoms with Crippen LogP contribution in [0.1, 0.15) is 6.42 Å². The molecule has 1 aromatic carbocycles. The summed E-state index contributed by atoms with van der Waals surface area (Å²) in [6.07, 6.45) is -0.817. The second-order valence-corrected chi connectivity index (χ2v) is 6.09. The molecule has 1 aliphatic rings. The standard InChI is InChI=1S/C11H14N2O4S/c12-11(15)10-6-8(14)7-13(10)18(16,17)9-4-2-1-3-5-9/h1-5,8,10,14H,6-7H2,(H2,12,15). The summed E-state index contributed by atoms with van der Waals surface area (Å²) < 4.78 is 25.6. The molecule has 2 unspecified atom stereocenters. The third-order valence-corrected chi connectivity index (χ3v) is 4.80. The number of carbonyl (C=O) groups is 1. The summed E-state index contributed by atoms with van der Waals surface area (Å²) in [5.41, 5.74) is 5.17. The lowest BCUT2D eigenvalue weighted by molar-refractivity contribution is -0.121. The normalized spacial score (nSPS) is 25.2. The molecule has 1 aliphatic heterocycles. The van der Waals surface area contributed by atoms with Crippen LogP contribution >= 0.6 is 0 Å². The molecule has 0 aliphatic carbocycles. The number of β-amino-alcohol motifs (C(OH)–C–C–N with tert-alkyl or cyclic N) is 1. The van der Waals surface area contributed by atoms with Crippen molar-refractivity contribution in [2.24, 2.45) is 5.73 Å². The first-order valence-electron chi connectivity index (χ1n) is 5.47. The van der Waals surface area contributed by atoms with Crippen LogP contribution in [0, 0.1) is 0 Å².